The Hall–Kier alpha value is 0.310. The predicted octanol–water partition coefficient (Wildman–Crippen LogP) is 3.69. The molecule has 0 aliphatic heterocycles. The number of hydrogen-bond donors (Lipinski definition) is 1. The van der Waals surface area contributed by atoms with Crippen LogP contribution in [0.25, 0.3) is 0 Å². The van der Waals surface area contributed by atoms with Crippen LogP contribution in [0.15, 0.2) is 0 Å². The molecule has 0 radical (unpaired) electrons. The van der Waals surface area contributed by atoms with Crippen molar-refractivity contribution in [2.75, 3.05) is 18.6 Å². The highest BCUT2D eigenvalue weighted by atomic mass is 32.2. The molecule has 2 aliphatic carbocycles. The summed E-state index contributed by atoms with van der Waals surface area (Å²) in [6.45, 7) is 1.24. The van der Waals surface area contributed by atoms with E-state index in [1.807, 2.05) is 11.8 Å². The lowest BCUT2D eigenvalue weighted by Crippen LogP contribution is -2.39. The van der Waals surface area contributed by atoms with E-state index in [-0.39, 0.29) is 0 Å². The molecule has 0 aromatic heterocycles. The maximum atomic E-state index is 3.78. The van der Waals surface area contributed by atoms with E-state index in [1.165, 1.54) is 63.7 Å². The third kappa shape index (κ3) is 3.66. The molecule has 0 aromatic carbocycles. The molecule has 1 N–H and O–H groups in total. The van der Waals surface area contributed by atoms with Crippen molar-refractivity contribution in [1.82, 2.24) is 5.32 Å². The standard InChI is InChI=1S/C14H27NS/c1-16-10-4-9-15-14-8-7-12-5-2-3-6-13(12)11-14/h12-15H,2-11H2,1H3. The molecule has 0 amide bonds. The van der Waals surface area contributed by atoms with Crippen LogP contribution in [0.1, 0.15) is 51.4 Å². The van der Waals surface area contributed by atoms with Gasteiger partial charge in [-0.15, -0.1) is 0 Å². The maximum Gasteiger partial charge on any atom is 0.00699 e. The van der Waals surface area contributed by atoms with E-state index in [1.54, 1.807) is 0 Å². The minimum atomic E-state index is 0.848. The van der Waals surface area contributed by atoms with Gasteiger partial charge in [0.15, 0.2) is 0 Å². The summed E-state index contributed by atoms with van der Waals surface area (Å²) in [5.41, 5.74) is 0. The van der Waals surface area contributed by atoms with E-state index in [9.17, 15) is 0 Å². The molecule has 3 atom stereocenters. The van der Waals surface area contributed by atoms with E-state index < -0.39 is 0 Å². The molecule has 0 saturated heterocycles. The van der Waals surface area contributed by atoms with Crippen LogP contribution in [0.4, 0.5) is 0 Å². The normalized spacial score (nSPS) is 34.7. The van der Waals surface area contributed by atoms with Gasteiger partial charge in [-0.1, -0.05) is 25.7 Å². The average Bonchev–Trinajstić information content (AvgIpc) is 2.34. The Balaban J connectivity index is 1.65. The molecule has 2 aliphatic rings. The predicted molar refractivity (Wildman–Crippen MR) is 74.1 cm³/mol. The fourth-order valence-electron chi connectivity index (χ4n) is 3.58. The van der Waals surface area contributed by atoms with Gasteiger partial charge in [-0.2, -0.15) is 11.8 Å². The lowest BCUT2D eigenvalue weighted by molar-refractivity contribution is 0.144. The first kappa shape index (κ1) is 12.8. The van der Waals surface area contributed by atoms with Gasteiger partial charge in [-0.3, -0.25) is 0 Å². The van der Waals surface area contributed by atoms with Gasteiger partial charge >= 0.3 is 0 Å². The van der Waals surface area contributed by atoms with Crippen LogP contribution in [0.5, 0.6) is 0 Å². The second kappa shape index (κ2) is 6.90. The number of thioether (sulfide) groups is 1. The molecule has 2 fully saturated rings. The van der Waals surface area contributed by atoms with Crippen molar-refractivity contribution in [3.05, 3.63) is 0 Å². The van der Waals surface area contributed by atoms with Crippen molar-refractivity contribution < 1.29 is 0 Å². The van der Waals surface area contributed by atoms with E-state index in [0.29, 0.717) is 0 Å². The minimum absolute atomic E-state index is 0.848. The third-order valence-electron chi connectivity index (χ3n) is 4.50. The monoisotopic (exact) mass is 241 g/mol. The first-order valence-corrected chi connectivity index (χ1v) is 8.52. The summed E-state index contributed by atoms with van der Waals surface area (Å²) in [6, 6.07) is 0.848. The van der Waals surface area contributed by atoms with Crippen LogP contribution in [-0.2, 0) is 0 Å². The van der Waals surface area contributed by atoms with Crippen molar-refractivity contribution in [1.29, 1.82) is 0 Å². The van der Waals surface area contributed by atoms with Gasteiger partial charge in [0.2, 0.25) is 0 Å². The van der Waals surface area contributed by atoms with Crippen molar-refractivity contribution in [2.24, 2.45) is 11.8 Å². The Bertz CT molecular complexity index is 195. The maximum absolute atomic E-state index is 3.78. The van der Waals surface area contributed by atoms with Crippen molar-refractivity contribution in [3.63, 3.8) is 0 Å². The summed E-state index contributed by atoms with van der Waals surface area (Å²) >= 11 is 1.97. The van der Waals surface area contributed by atoms with Gasteiger partial charge in [0.1, 0.15) is 0 Å². The summed E-state index contributed by atoms with van der Waals surface area (Å²) in [6.07, 6.45) is 14.0. The molecule has 1 nitrogen and oxygen atoms in total. The molecule has 2 saturated carbocycles. The van der Waals surface area contributed by atoms with Gasteiger partial charge in [-0.05, 0) is 56.1 Å². The van der Waals surface area contributed by atoms with Crippen LogP contribution < -0.4 is 5.32 Å². The smallest absolute Gasteiger partial charge is 0.00699 e. The Morgan fingerprint density at radius 1 is 1.06 bits per heavy atom. The summed E-state index contributed by atoms with van der Waals surface area (Å²) < 4.78 is 0. The molecular formula is C14H27NS. The highest BCUT2D eigenvalue weighted by Gasteiger charge is 2.31. The number of hydrogen-bond acceptors (Lipinski definition) is 2. The quantitative estimate of drug-likeness (QED) is 0.737. The Kier molecular flexibility index (Phi) is 5.51. The zero-order chi connectivity index (χ0) is 11.2. The van der Waals surface area contributed by atoms with Crippen molar-refractivity contribution in [3.8, 4) is 0 Å². The number of rotatable bonds is 5. The molecule has 2 heteroatoms. The molecule has 0 aromatic rings. The van der Waals surface area contributed by atoms with Gasteiger partial charge in [0.25, 0.3) is 0 Å². The van der Waals surface area contributed by atoms with Crippen LogP contribution in [0.2, 0.25) is 0 Å². The van der Waals surface area contributed by atoms with Gasteiger partial charge in [-0.25, -0.2) is 0 Å². The van der Waals surface area contributed by atoms with Crippen molar-refractivity contribution >= 4 is 11.8 Å². The highest BCUT2D eigenvalue weighted by molar-refractivity contribution is 7.98. The Morgan fingerprint density at radius 2 is 1.88 bits per heavy atom. The Labute approximate surface area is 105 Å². The second-order valence-electron chi connectivity index (χ2n) is 5.62. The van der Waals surface area contributed by atoms with E-state index in [4.69, 9.17) is 0 Å². The van der Waals surface area contributed by atoms with E-state index >= 15 is 0 Å². The topological polar surface area (TPSA) is 12.0 Å². The number of fused-ring (bicyclic) bond motifs is 1. The fourth-order valence-corrected chi connectivity index (χ4v) is 4.01. The molecule has 0 spiro atoms. The molecule has 16 heavy (non-hydrogen) atoms. The van der Waals surface area contributed by atoms with Gasteiger partial charge < -0.3 is 5.32 Å². The van der Waals surface area contributed by atoms with Gasteiger partial charge in [0, 0.05) is 6.04 Å². The largest absolute Gasteiger partial charge is 0.314 e. The number of nitrogens with one attached hydrogen (secondary N) is 1. The molecule has 94 valence electrons. The summed E-state index contributed by atoms with van der Waals surface area (Å²) in [4.78, 5) is 0. The zero-order valence-corrected chi connectivity index (χ0v) is 11.5. The average molecular weight is 241 g/mol. The van der Waals surface area contributed by atoms with Crippen molar-refractivity contribution in [2.45, 2.75) is 57.4 Å². The van der Waals surface area contributed by atoms with Gasteiger partial charge in [0.05, 0.1) is 0 Å². The zero-order valence-electron chi connectivity index (χ0n) is 10.7. The second-order valence-corrected chi connectivity index (χ2v) is 6.60. The van der Waals surface area contributed by atoms with Crippen LogP contribution >= 0.6 is 11.8 Å². The highest BCUT2D eigenvalue weighted by Crippen LogP contribution is 2.40. The lowest BCUT2D eigenvalue weighted by Gasteiger charge is -2.39. The Morgan fingerprint density at radius 3 is 2.69 bits per heavy atom. The first-order valence-electron chi connectivity index (χ1n) is 7.12. The van der Waals surface area contributed by atoms with E-state index in [0.717, 1.165) is 17.9 Å². The SMILES string of the molecule is CSCCCNC1CCC2CCCCC2C1. The molecule has 0 bridgehead atoms. The molecule has 2 rings (SSSR count). The fraction of sp³-hybridized carbons (Fsp3) is 1.00. The minimum Gasteiger partial charge on any atom is -0.314 e. The summed E-state index contributed by atoms with van der Waals surface area (Å²) in [5, 5.41) is 3.78. The summed E-state index contributed by atoms with van der Waals surface area (Å²) in [7, 11) is 0. The molecule has 0 heterocycles. The first-order chi connectivity index (χ1) is 7.90. The van der Waals surface area contributed by atoms with Crippen LogP contribution in [-0.4, -0.2) is 24.6 Å². The molecule has 3 unspecified atom stereocenters. The van der Waals surface area contributed by atoms with Crippen LogP contribution in [0.3, 0.4) is 0 Å². The summed E-state index contributed by atoms with van der Waals surface area (Å²) in [5.74, 6) is 3.48. The molecular weight excluding hydrogens is 214 g/mol. The third-order valence-corrected chi connectivity index (χ3v) is 5.19. The van der Waals surface area contributed by atoms with E-state index in [2.05, 4.69) is 11.6 Å². The lowest BCUT2D eigenvalue weighted by atomic mass is 9.69. The van der Waals surface area contributed by atoms with Crippen LogP contribution in [0, 0.1) is 11.8 Å².